The number of nitrogens with one attached hydrogen (secondary N) is 1. The number of sulfonamides is 1. The van der Waals surface area contributed by atoms with Crippen LogP contribution in [0.5, 0.6) is 0 Å². The van der Waals surface area contributed by atoms with Gasteiger partial charge in [-0.1, -0.05) is 6.07 Å². The van der Waals surface area contributed by atoms with E-state index in [4.69, 9.17) is 5.73 Å². The molecule has 0 bridgehead atoms. The maximum atomic E-state index is 12.2. The van der Waals surface area contributed by atoms with Crippen molar-refractivity contribution in [3.8, 4) is 0 Å². The first-order chi connectivity index (χ1) is 9.92. The molecule has 2 rings (SSSR count). The van der Waals surface area contributed by atoms with Gasteiger partial charge in [-0.05, 0) is 48.7 Å². The molecule has 7 heteroatoms. The lowest BCUT2D eigenvalue weighted by molar-refractivity contribution is 0.100. The zero-order valence-electron chi connectivity index (χ0n) is 11.2. The third-order valence-electron chi connectivity index (χ3n) is 2.77. The third-order valence-corrected chi connectivity index (χ3v) is 4.91. The standard InChI is InChI=1S/C14H14N2O3S2/c1-20-12-5-7-13(8-6-12)21(18,19)16-11-4-2-3-10(9-11)14(15)17/h2-9,16H,1H3,(H2,15,17). The van der Waals surface area contributed by atoms with E-state index in [1.165, 1.54) is 36.0 Å². The van der Waals surface area contributed by atoms with Gasteiger partial charge in [0, 0.05) is 16.1 Å². The van der Waals surface area contributed by atoms with Crippen LogP contribution in [0.4, 0.5) is 5.69 Å². The largest absolute Gasteiger partial charge is 0.366 e. The van der Waals surface area contributed by atoms with Gasteiger partial charge in [0.1, 0.15) is 0 Å². The quantitative estimate of drug-likeness (QED) is 0.827. The molecule has 0 aromatic heterocycles. The predicted molar refractivity (Wildman–Crippen MR) is 84.0 cm³/mol. The lowest BCUT2D eigenvalue weighted by atomic mass is 10.2. The number of carbonyl (C=O) groups is 1. The molecule has 0 fully saturated rings. The fourth-order valence-corrected chi connectivity index (χ4v) is 3.16. The number of amides is 1. The summed E-state index contributed by atoms with van der Waals surface area (Å²) in [4.78, 5) is 12.2. The van der Waals surface area contributed by atoms with Gasteiger partial charge in [0.15, 0.2) is 0 Å². The van der Waals surface area contributed by atoms with E-state index < -0.39 is 15.9 Å². The van der Waals surface area contributed by atoms with Crippen LogP contribution in [0.25, 0.3) is 0 Å². The van der Waals surface area contributed by atoms with E-state index in [0.717, 1.165) is 4.90 Å². The molecule has 2 aromatic rings. The van der Waals surface area contributed by atoms with Gasteiger partial charge in [-0.25, -0.2) is 8.42 Å². The molecule has 2 aromatic carbocycles. The summed E-state index contributed by atoms with van der Waals surface area (Å²) in [6.45, 7) is 0. The van der Waals surface area contributed by atoms with E-state index in [1.807, 2.05) is 6.26 Å². The molecule has 0 saturated carbocycles. The molecule has 5 nitrogen and oxygen atoms in total. The van der Waals surface area contributed by atoms with Crippen molar-refractivity contribution < 1.29 is 13.2 Å². The number of nitrogens with two attached hydrogens (primary N) is 1. The molecule has 110 valence electrons. The number of thioether (sulfide) groups is 1. The summed E-state index contributed by atoms with van der Waals surface area (Å²) >= 11 is 1.53. The van der Waals surface area contributed by atoms with Crippen LogP contribution in [-0.4, -0.2) is 20.6 Å². The van der Waals surface area contributed by atoms with Crippen LogP contribution in [0.15, 0.2) is 58.3 Å². The highest BCUT2D eigenvalue weighted by atomic mass is 32.2. The van der Waals surface area contributed by atoms with Crippen LogP contribution in [0.3, 0.4) is 0 Å². The van der Waals surface area contributed by atoms with E-state index in [2.05, 4.69) is 4.72 Å². The van der Waals surface area contributed by atoms with Gasteiger partial charge in [0.2, 0.25) is 5.91 Å². The lowest BCUT2D eigenvalue weighted by Crippen LogP contribution is -2.15. The molecule has 0 spiro atoms. The van der Waals surface area contributed by atoms with Crippen LogP contribution in [0, 0.1) is 0 Å². The van der Waals surface area contributed by atoms with Gasteiger partial charge < -0.3 is 5.73 Å². The molecule has 0 atom stereocenters. The molecule has 0 unspecified atom stereocenters. The maximum Gasteiger partial charge on any atom is 0.261 e. The van der Waals surface area contributed by atoms with Crippen molar-refractivity contribution in [2.24, 2.45) is 5.73 Å². The topological polar surface area (TPSA) is 89.3 Å². The fourth-order valence-electron chi connectivity index (χ4n) is 1.70. The SMILES string of the molecule is CSc1ccc(S(=O)(=O)Nc2cccc(C(N)=O)c2)cc1. The second-order valence-electron chi connectivity index (χ2n) is 4.23. The first kappa shape index (κ1) is 15.4. The molecule has 0 saturated heterocycles. The average molecular weight is 322 g/mol. The molecule has 0 aliphatic carbocycles. The van der Waals surface area contributed by atoms with Crippen molar-refractivity contribution >= 4 is 33.4 Å². The zero-order chi connectivity index (χ0) is 15.5. The summed E-state index contributed by atoms with van der Waals surface area (Å²) in [5, 5.41) is 0. The van der Waals surface area contributed by atoms with E-state index in [0.29, 0.717) is 5.69 Å². The number of carbonyl (C=O) groups excluding carboxylic acids is 1. The summed E-state index contributed by atoms with van der Waals surface area (Å²) in [7, 11) is -3.69. The molecular weight excluding hydrogens is 308 g/mol. The Kier molecular flexibility index (Phi) is 4.54. The van der Waals surface area contributed by atoms with Crippen LogP contribution in [-0.2, 0) is 10.0 Å². The Morgan fingerprint density at radius 1 is 1.14 bits per heavy atom. The lowest BCUT2D eigenvalue weighted by Gasteiger charge is -2.09. The second-order valence-corrected chi connectivity index (χ2v) is 6.79. The van der Waals surface area contributed by atoms with Gasteiger partial charge in [0.05, 0.1) is 4.90 Å². The minimum Gasteiger partial charge on any atom is -0.366 e. The highest BCUT2D eigenvalue weighted by Gasteiger charge is 2.14. The molecule has 21 heavy (non-hydrogen) atoms. The van der Waals surface area contributed by atoms with Crippen molar-refractivity contribution in [3.63, 3.8) is 0 Å². The van der Waals surface area contributed by atoms with E-state index in [-0.39, 0.29) is 10.5 Å². The first-order valence-electron chi connectivity index (χ1n) is 5.99. The summed E-state index contributed by atoms with van der Waals surface area (Å²) in [6.07, 6.45) is 1.91. The third kappa shape index (κ3) is 3.77. The fraction of sp³-hybridized carbons (Fsp3) is 0.0714. The highest BCUT2D eigenvalue weighted by molar-refractivity contribution is 7.98. The minimum atomic E-state index is -3.69. The van der Waals surface area contributed by atoms with E-state index in [1.54, 1.807) is 24.3 Å². The minimum absolute atomic E-state index is 0.157. The van der Waals surface area contributed by atoms with Gasteiger partial charge in [-0.15, -0.1) is 11.8 Å². The van der Waals surface area contributed by atoms with Gasteiger partial charge in [-0.3, -0.25) is 9.52 Å². The molecular formula is C14H14N2O3S2. The number of hydrogen-bond donors (Lipinski definition) is 2. The Morgan fingerprint density at radius 2 is 1.81 bits per heavy atom. The molecule has 3 N–H and O–H groups in total. The van der Waals surface area contributed by atoms with Crippen LogP contribution >= 0.6 is 11.8 Å². The second kappa shape index (κ2) is 6.19. The zero-order valence-corrected chi connectivity index (χ0v) is 12.9. The number of hydrogen-bond acceptors (Lipinski definition) is 4. The Balaban J connectivity index is 2.28. The number of anilines is 1. The molecule has 1 amide bonds. The monoisotopic (exact) mass is 322 g/mol. The molecule has 0 radical (unpaired) electrons. The number of primary amides is 1. The van der Waals surface area contributed by atoms with Crippen molar-refractivity contribution in [3.05, 3.63) is 54.1 Å². The number of rotatable bonds is 5. The van der Waals surface area contributed by atoms with Crippen molar-refractivity contribution in [1.82, 2.24) is 0 Å². The van der Waals surface area contributed by atoms with Crippen molar-refractivity contribution in [2.75, 3.05) is 11.0 Å². The molecule has 0 aliphatic rings. The van der Waals surface area contributed by atoms with Gasteiger partial charge in [0.25, 0.3) is 10.0 Å². The van der Waals surface area contributed by atoms with E-state index >= 15 is 0 Å². The first-order valence-corrected chi connectivity index (χ1v) is 8.70. The predicted octanol–water partition coefficient (Wildman–Crippen LogP) is 2.31. The Morgan fingerprint density at radius 3 is 2.38 bits per heavy atom. The smallest absolute Gasteiger partial charge is 0.261 e. The van der Waals surface area contributed by atoms with Crippen LogP contribution < -0.4 is 10.5 Å². The van der Waals surface area contributed by atoms with Gasteiger partial charge in [-0.2, -0.15) is 0 Å². The maximum absolute atomic E-state index is 12.2. The summed E-state index contributed by atoms with van der Waals surface area (Å²) in [5.74, 6) is -0.611. The Bertz CT molecular complexity index is 756. The summed E-state index contributed by atoms with van der Waals surface area (Å²) in [6, 6.07) is 12.6. The molecule has 0 aliphatic heterocycles. The van der Waals surface area contributed by atoms with Crippen LogP contribution in [0.1, 0.15) is 10.4 Å². The number of benzene rings is 2. The summed E-state index contributed by atoms with van der Waals surface area (Å²) < 4.78 is 26.9. The van der Waals surface area contributed by atoms with Gasteiger partial charge >= 0.3 is 0 Å². The average Bonchev–Trinajstić information content (AvgIpc) is 2.47. The normalized spacial score (nSPS) is 11.1. The van der Waals surface area contributed by atoms with Crippen LogP contribution in [0.2, 0.25) is 0 Å². The Labute approximate surface area is 127 Å². The van der Waals surface area contributed by atoms with E-state index in [9.17, 15) is 13.2 Å². The highest BCUT2D eigenvalue weighted by Crippen LogP contribution is 2.20. The van der Waals surface area contributed by atoms with Crippen molar-refractivity contribution in [1.29, 1.82) is 0 Å². The molecule has 0 heterocycles. The summed E-state index contributed by atoms with van der Waals surface area (Å²) in [5.41, 5.74) is 5.71. The Hall–Kier alpha value is -1.99. The van der Waals surface area contributed by atoms with Crippen molar-refractivity contribution in [2.45, 2.75) is 9.79 Å².